The highest BCUT2D eigenvalue weighted by molar-refractivity contribution is 5.18. The van der Waals surface area contributed by atoms with Crippen LogP contribution in [0.2, 0.25) is 0 Å². The summed E-state index contributed by atoms with van der Waals surface area (Å²) in [5.41, 5.74) is 0.187. The van der Waals surface area contributed by atoms with Crippen molar-refractivity contribution in [1.82, 2.24) is 0 Å². The van der Waals surface area contributed by atoms with E-state index in [0.717, 1.165) is 0 Å². The third-order valence-electron chi connectivity index (χ3n) is 2.80. The highest BCUT2D eigenvalue weighted by Crippen LogP contribution is 2.38. The Morgan fingerprint density at radius 1 is 1.00 bits per heavy atom. The molecule has 0 radical (unpaired) electrons. The Morgan fingerprint density at radius 2 is 1.48 bits per heavy atom. The maximum absolute atomic E-state index is 12.5. The van der Waals surface area contributed by atoms with Crippen molar-refractivity contribution in [2.75, 3.05) is 0 Å². The zero-order valence-corrected chi connectivity index (χ0v) is 10.9. The predicted molar refractivity (Wildman–Crippen MR) is 62.5 cm³/mol. The van der Waals surface area contributed by atoms with Crippen molar-refractivity contribution in [3.63, 3.8) is 0 Å². The molecule has 0 saturated carbocycles. The first kappa shape index (κ1) is 17.8. The van der Waals surface area contributed by atoms with Crippen LogP contribution in [0.4, 0.5) is 26.3 Å². The number of aliphatic hydroxyl groups is 1. The van der Waals surface area contributed by atoms with Crippen molar-refractivity contribution in [3.05, 3.63) is 35.9 Å². The molecule has 2 nitrogen and oxygen atoms in total. The summed E-state index contributed by atoms with van der Waals surface area (Å²) in [6.07, 6.45) is -18.5. The molecule has 0 heterocycles. The van der Waals surface area contributed by atoms with Crippen molar-refractivity contribution in [2.45, 2.75) is 44.0 Å². The Morgan fingerprint density at radius 3 is 1.86 bits per heavy atom. The number of rotatable bonds is 5. The van der Waals surface area contributed by atoms with Crippen LogP contribution >= 0.6 is 0 Å². The normalized spacial score (nSPS) is 16.0. The Labute approximate surface area is 117 Å². The van der Waals surface area contributed by atoms with Crippen molar-refractivity contribution in [2.24, 2.45) is 0 Å². The number of halogens is 6. The van der Waals surface area contributed by atoms with Gasteiger partial charge in [-0.05, 0) is 12.0 Å². The quantitative estimate of drug-likeness (QED) is 0.832. The van der Waals surface area contributed by atoms with Gasteiger partial charge in [0.2, 0.25) is 6.10 Å². The summed E-state index contributed by atoms with van der Waals surface area (Å²) in [6, 6.07) is 7.42. The smallest absolute Gasteiger partial charge is 0.386 e. The van der Waals surface area contributed by atoms with Gasteiger partial charge in [-0.3, -0.25) is 0 Å². The highest BCUT2D eigenvalue weighted by Gasteiger charge is 2.59. The van der Waals surface area contributed by atoms with E-state index in [1.54, 1.807) is 6.07 Å². The van der Waals surface area contributed by atoms with Crippen LogP contribution < -0.4 is 0 Å². The fourth-order valence-corrected chi connectivity index (χ4v) is 1.77. The lowest BCUT2D eigenvalue weighted by Crippen LogP contribution is -2.47. The first-order valence-electron chi connectivity index (χ1n) is 6.09. The lowest BCUT2D eigenvalue weighted by atomic mass is 10.0. The SMILES string of the molecule is CCC(OC(C(F)(F)F)C(F)(F)F)C(O)c1ccccc1. The summed E-state index contributed by atoms with van der Waals surface area (Å²) in [5.74, 6) is 0. The maximum atomic E-state index is 12.5. The summed E-state index contributed by atoms with van der Waals surface area (Å²) in [5, 5.41) is 9.90. The molecule has 120 valence electrons. The lowest BCUT2D eigenvalue weighted by molar-refractivity contribution is -0.336. The minimum absolute atomic E-state index is 0.187. The molecule has 1 rings (SSSR count). The number of alkyl halides is 6. The fourth-order valence-electron chi connectivity index (χ4n) is 1.77. The van der Waals surface area contributed by atoms with Gasteiger partial charge in [0.15, 0.2) is 0 Å². The van der Waals surface area contributed by atoms with E-state index >= 15 is 0 Å². The zero-order chi connectivity index (χ0) is 16.3. The van der Waals surface area contributed by atoms with Crippen LogP contribution in [-0.4, -0.2) is 29.7 Å². The van der Waals surface area contributed by atoms with Crippen molar-refractivity contribution >= 4 is 0 Å². The van der Waals surface area contributed by atoms with Gasteiger partial charge in [0, 0.05) is 0 Å². The van der Waals surface area contributed by atoms with Crippen LogP contribution in [0.1, 0.15) is 25.0 Å². The Kier molecular flexibility index (Phi) is 5.63. The molecule has 21 heavy (non-hydrogen) atoms. The molecule has 2 unspecified atom stereocenters. The van der Waals surface area contributed by atoms with Crippen LogP contribution in [0.15, 0.2) is 30.3 Å². The van der Waals surface area contributed by atoms with Crippen LogP contribution in [-0.2, 0) is 4.74 Å². The van der Waals surface area contributed by atoms with Crippen LogP contribution in [0.25, 0.3) is 0 Å². The molecule has 0 aliphatic heterocycles. The van der Waals surface area contributed by atoms with Gasteiger partial charge in [-0.1, -0.05) is 37.3 Å². The Hall–Kier alpha value is -1.28. The van der Waals surface area contributed by atoms with Gasteiger partial charge in [-0.25, -0.2) is 0 Å². The first-order valence-corrected chi connectivity index (χ1v) is 6.09. The second kappa shape index (κ2) is 6.65. The number of ether oxygens (including phenoxy) is 1. The molecule has 1 aromatic carbocycles. The molecule has 0 amide bonds. The molecule has 0 spiro atoms. The van der Waals surface area contributed by atoms with E-state index in [2.05, 4.69) is 4.74 Å². The summed E-state index contributed by atoms with van der Waals surface area (Å²) in [6.45, 7) is 1.33. The van der Waals surface area contributed by atoms with E-state index in [9.17, 15) is 31.4 Å². The van der Waals surface area contributed by atoms with Gasteiger partial charge in [0.05, 0.1) is 6.10 Å². The Bertz CT molecular complexity index is 415. The summed E-state index contributed by atoms with van der Waals surface area (Å²) in [7, 11) is 0. The van der Waals surface area contributed by atoms with E-state index in [4.69, 9.17) is 0 Å². The molecule has 0 saturated heterocycles. The molecule has 0 aromatic heterocycles. The number of benzene rings is 1. The van der Waals surface area contributed by atoms with Crippen molar-refractivity contribution < 1.29 is 36.2 Å². The largest absolute Gasteiger partial charge is 0.423 e. The molecule has 0 aliphatic rings. The monoisotopic (exact) mass is 316 g/mol. The topological polar surface area (TPSA) is 29.5 Å². The van der Waals surface area contributed by atoms with Crippen molar-refractivity contribution in [3.8, 4) is 0 Å². The minimum Gasteiger partial charge on any atom is -0.386 e. The average Bonchev–Trinajstić information content (AvgIpc) is 2.37. The van der Waals surface area contributed by atoms with Gasteiger partial charge in [-0.15, -0.1) is 0 Å². The molecule has 1 aromatic rings. The zero-order valence-electron chi connectivity index (χ0n) is 10.9. The number of hydrogen-bond donors (Lipinski definition) is 1. The van der Waals surface area contributed by atoms with Gasteiger partial charge in [-0.2, -0.15) is 26.3 Å². The Balaban J connectivity index is 2.94. The molecule has 0 fully saturated rings. The minimum atomic E-state index is -5.60. The van der Waals surface area contributed by atoms with Crippen LogP contribution in [0, 0.1) is 0 Å². The van der Waals surface area contributed by atoms with Crippen LogP contribution in [0.3, 0.4) is 0 Å². The molecular weight excluding hydrogens is 302 g/mol. The molecule has 0 bridgehead atoms. The number of hydrogen-bond acceptors (Lipinski definition) is 2. The third kappa shape index (κ3) is 4.89. The molecular formula is C13H14F6O2. The van der Waals surface area contributed by atoms with E-state index in [-0.39, 0.29) is 12.0 Å². The first-order chi connectivity index (χ1) is 9.57. The molecule has 8 heteroatoms. The van der Waals surface area contributed by atoms with Gasteiger partial charge >= 0.3 is 12.4 Å². The maximum Gasteiger partial charge on any atom is 0.423 e. The predicted octanol–water partition coefficient (Wildman–Crippen LogP) is 4.01. The molecule has 2 atom stereocenters. The highest BCUT2D eigenvalue weighted by atomic mass is 19.4. The van der Waals surface area contributed by atoms with Gasteiger partial charge < -0.3 is 9.84 Å². The van der Waals surface area contributed by atoms with Crippen LogP contribution in [0.5, 0.6) is 0 Å². The summed E-state index contributed by atoms with van der Waals surface area (Å²) >= 11 is 0. The summed E-state index contributed by atoms with van der Waals surface area (Å²) < 4.78 is 78.9. The summed E-state index contributed by atoms with van der Waals surface area (Å²) in [4.78, 5) is 0. The lowest BCUT2D eigenvalue weighted by Gasteiger charge is -2.30. The number of aliphatic hydroxyl groups excluding tert-OH is 1. The average molecular weight is 316 g/mol. The van der Waals surface area contributed by atoms with Gasteiger partial charge in [0.1, 0.15) is 6.10 Å². The van der Waals surface area contributed by atoms with E-state index < -0.39 is 30.7 Å². The second-order valence-electron chi connectivity index (χ2n) is 4.40. The second-order valence-corrected chi connectivity index (χ2v) is 4.40. The molecule has 1 N–H and O–H groups in total. The van der Waals surface area contributed by atoms with E-state index in [1.165, 1.54) is 31.2 Å². The standard InChI is InChI=1S/C13H14F6O2/c1-2-9(10(20)8-6-4-3-5-7-8)21-11(12(14,15)16)13(17,18)19/h3-7,9-11,20H,2H2,1H3. The molecule has 0 aliphatic carbocycles. The third-order valence-corrected chi connectivity index (χ3v) is 2.80. The fraction of sp³-hybridized carbons (Fsp3) is 0.538. The van der Waals surface area contributed by atoms with Crippen molar-refractivity contribution in [1.29, 1.82) is 0 Å². The van der Waals surface area contributed by atoms with Gasteiger partial charge in [0.25, 0.3) is 0 Å². The van der Waals surface area contributed by atoms with E-state index in [0.29, 0.717) is 0 Å². The van der Waals surface area contributed by atoms with E-state index in [1.807, 2.05) is 0 Å².